The molecule has 5 N–H and O–H groups in total. The van der Waals surface area contributed by atoms with Crippen molar-refractivity contribution in [1.82, 2.24) is 24.6 Å². The highest BCUT2D eigenvalue weighted by molar-refractivity contribution is 7.52. The molecule has 15 heteroatoms. The zero-order valence-electron chi connectivity index (χ0n) is 22.6. The third-order valence-electron chi connectivity index (χ3n) is 6.08. The lowest BCUT2D eigenvalue weighted by Gasteiger charge is -2.25. The van der Waals surface area contributed by atoms with Crippen LogP contribution < -0.4 is 20.7 Å². The van der Waals surface area contributed by atoms with Gasteiger partial charge in [0.15, 0.2) is 17.0 Å². The van der Waals surface area contributed by atoms with Crippen LogP contribution >= 0.6 is 7.75 Å². The zero-order chi connectivity index (χ0) is 29.0. The normalized spacial score (nSPS) is 23.1. The van der Waals surface area contributed by atoms with Gasteiger partial charge in [0.05, 0.1) is 31.1 Å². The lowest BCUT2D eigenvalue weighted by atomic mass is 10.00. The summed E-state index contributed by atoms with van der Waals surface area (Å²) in [5, 5.41) is 16.6. The van der Waals surface area contributed by atoms with Crippen LogP contribution in [0.3, 0.4) is 0 Å². The maximum atomic E-state index is 13.8. The van der Waals surface area contributed by atoms with Gasteiger partial charge in [0, 0.05) is 7.05 Å². The van der Waals surface area contributed by atoms with Crippen LogP contribution in [0.1, 0.15) is 27.0 Å². The Kier molecular flexibility index (Phi) is 9.06. The number of carbonyl (C=O) groups is 1. The quantitative estimate of drug-likeness (QED) is 0.140. The second-order valence-corrected chi connectivity index (χ2v) is 11.1. The predicted octanol–water partition coefficient (Wildman–Crippen LogP) is 2.64. The van der Waals surface area contributed by atoms with Crippen LogP contribution in [0.2, 0.25) is 0 Å². The van der Waals surface area contributed by atoms with E-state index in [9.17, 15) is 14.5 Å². The van der Waals surface area contributed by atoms with Crippen molar-refractivity contribution < 1.29 is 33.0 Å². The summed E-state index contributed by atoms with van der Waals surface area (Å²) in [7, 11) is -2.49. The van der Waals surface area contributed by atoms with E-state index >= 15 is 0 Å². The van der Waals surface area contributed by atoms with Crippen LogP contribution in [-0.4, -0.2) is 68.6 Å². The number of aromatic nitrogens is 4. The summed E-state index contributed by atoms with van der Waals surface area (Å²) in [6.45, 7) is 8.38. The number of ether oxygens (including phenoxy) is 2. The van der Waals surface area contributed by atoms with Crippen LogP contribution in [0.15, 0.2) is 49.3 Å². The van der Waals surface area contributed by atoms with Crippen molar-refractivity contribution in [2.75, 3.05) is 24.7 Å². The lowest BCUT2D eigenvalue weighted by molar-refractivity contribution is -0.149. The Morgan fingerprint density at radius 1 is 1.30 bits per heavy atom. The number of nitrogens with two attached hydrogens (primary N) is 1. The maximum absolute atomic E-state index is 13.8. The molecule has 40 heavy (non-hydrogen) atoms. The first-order valence-corrected chi connectivity index (χ1v) is 14.2. The average Bonchev–Trinajstić information content (AvgIpc) is 3.47. The second kappa shape index (κ2) is 12.3. The standard InChI is InChI=1S/C25H34N7O7P/c1-6-17-20(33)18(38-23(17)32-13-28-19-21(27-5)29-25(26)30-22(19)32)12-36-40(35,39-16-10-8-7-9-11-16)31-15(4)24(34)37-14(2)3/h6-11,13-15,17-18,20,23,33H,1,12H2,2-5H3,(H,31,35)(H3,26,27,29,30)/t15-,17+,18-,20+,23-,40-/m1/s1. The maximum Gasteiger partial charge on any atom is 0.459 e. The molecule has 1 aliphatic heterocycles. The smallest absolute Gasteiger partial charge is 0.459 e. The molecule has 0 spiro atoms. The van der Waals surface area contributed by atoms with E-state index in [0.29, 0.717) is 17.0 Å². The molecule has 3 heterocycles. The molecule has 0 radical (unpaired) electrons. The van der Waals surface area contributed by atoms with E-state index in [1.165, 1.54) is 13.3 Å². The fourth-order valence-electron chi connectivity index (χ4n) is 4.21. The summed E-state index contributed by atoms with van der Waals surface area (Å²) in [6, 6.07) is 7.33. The molecule has 0 saturated carbocycles. The van der Waals surface area contributed by atoms with Crippen molar-refractivity contribution in [2.24, 2.45) is 5.92 Å². The van der Waals surface area contributed by atoms with Crippen LogP contribution in [0.5, 0.6) is 5.75 Å². The topological polar surface area (TPSA) is 185 Å². The minimum Gasteiger partial charge on any atom is -0.462 e. The van der Waals surface area contributed by atoms with E-state index in [1.54, 1.807) is 61.9 Å². The molecule has 1 aliphatic rings. The number of fused-ring (bicyclic) bond motifs is 1. The fraction of sp³-hybridized carbons (Fsp3) is 0.440. The first-order chi connectivity index (χ1) is 19.0. The van der Waals surface area contributed by atoms with Gasteiger partial charge in [-0.2, -0.15) is 15.1 Å². The van der Waals surface area contributed by atoms with Gasteiger partial charge in [0.1, 0.15) is 24.1 Å². The molecule has 14 nitrogen and oxygen atoms in total. The van der Waals surface area contributed by atoms with E-state index < -0.39 is 44.1 Å². The average molecular weight is 576 g/mol. The van der Waals surface area contributed by atoms with Crippen molar-refractivity contribution >= 4 is 36.6 Å². The highest BCUT2D eigenvalue weighted by atomic mass is 31.2. The summed E-state index contributed by atoms with van der Waals surface area (Å²) >= 11 is 0. The van der Waals surface area contributed by atoms with Gasteiger partial charge in [0.2, 0.25) is 5.95 Å². The van der Waals surface area contributed by atoms with Crippen LogP contribution in [0.4, 0.5) is 11.8 Å². The van der Waals surface area contributed by atoms with Gasteiger partial charge >= 0.3 is 13.7 Å². The predicted molar refractivity (Wildman–Crippen MR) is 147 cm³/mol. The van der Waals surface area contributed by atoms with Crippen molar-refractivity contribution in [3.63, 3.8) is 0 Å². The number of para-hydroxylation sites is 1. The van der Waals surface area contributed by atoms with Crippen molar-refractivity contribution in [3.05, 3.63) is 49.3 Å². The summed E-state index contributed by atoms with van der Waals surface area (Å²) in [6.07, 6.45) is -0.160. The molecule has 1 aromatic carbocycles. The summed E-state index contributed by atoms with van der Waals surface area (Å²) < 4.78 is 38.2. The molecule has 1 fully saturated rings. The SMILES string of the molecule is C=C[C@H]1[C@H](O)[C@@H](CO[P@](=O)(N[C@H](C)C(=O)OC(C)C)Oc2ccccc2)O[C@H]1n1cnc2c(NC)nc(N)nc21. The van der Waals surface area contributed by atoms with Gasteiger partial charge in [-0.05, 0) is 32.9 Å². The van der Waals surface area contributed by atoms with Gasteiger partial charge in [-0.25, -0.2) is 9.55 Å². The van der Waals surface area contributed by atoms with Crippen LogP contribution in [0, 0.1) is 5.92 Å². The summed E-state index contributed by atoms with van der Waals surface area (Å²) in [4.78, 5) is 25.2. The number of nitrogen functional groups attached to an aromatic ring is 1. The number of anilines is 2. The Labute approximate surface area is 231 Å². The Balaban J connectivity index is 1.55. The summed E-state index contributed by atoms with van der Waals surface area (Å²) in [5.41, 5.74) is 6.73. The molecule has 216 valence electrons. The van der Waals surface area contributed by atoms with Crippen molar-refractivity contribution in [1.29, 1.82) is 0 Å². The number of hydrogen-bond acceptors (Lipinski definition) is 12. The Morgan fingerprint density at radius 2 is 2.02 bits per heavy atom. The number of rotatable bonds is 12. The number of esters is 1. The Bertz CT molecular complexity index is 1390. The largest absolute Gasteiger partial charge is 0.462 e. The third kappa shape index (κ3) is 6.43. The number of nitrogens with one attached hydrogen (secondary N) is 2. The highest BCUT2D eigenvalue weighted by Crippen LogP contribution is 2.46. The molecule has 3 aromatic rings. The molecule has 0 aliphatic carbocycles. The Morgan fingerprint density at radius 3 is 2.67 bits per heavy atom. The van der Waals surface area contributed by atoms with E-state index in [0.717, 1.165) is 0 Å². The first kappa shape index (κ1) is 29.4. The second-order valence-electron chi connectivity index (χ2n) is 9.41. The highest BCUT2D eigenvalue weighted by Gasteiger charge is 2.45. The molecule has 2 aromatic heterocycles. The molecule has 0 amide bonds. The van der Waals surface area contributed by atoms with E-state index in [1.807, 2.05) is 0 Å². The third-order valence-corrected chi connectivity index (χ3v) is 7.72. The first-order valence-electron chi connectivity index (χ1n) is 12.7. The van der Waals surface area contributed by atoms with Crippen LogP contribution in [0.25, 0.3) is 11.2 Å². The number of hydrogen-bond donors (Lipinski definition) is 4. The molecular formula is C25H34N7O7P. The van der Waals surface area contributed by atoms with E-state index in [4.69, 9.17) is 24.3 Å². The summed E-state index contributed by atoms with van der Waals surface area (Å²) in [5.74, 6) is -0.524. The lowest BCUT2D eigenvalue weighted by Crippen LogP contribution is -2.37. The number of imidazole rings is 1. The van der Waals surface area contributed by atoms with Crippen molar-refractivity contribution in [2.45, 2.75) is 51.4 Å². The van der Waals surface area contributed by atoms with Gasteiger partial charge in [-0.15, -0.1) is 6.58 Å². The van der Waals surface area contributed by atoms with Gasteiger partial charge in [-0.3, -0.25) is 13.9 Å². The minimum atomic E-state index is -4.17. The fourth-order valence-corrected chi connectivity index (χ4v) is 5.71. The Hall–Kier alpha value is -3.55. The monoisotopic (exact) mass is 575 g/mol. The van der Waals surface area contributed by atoms with Crippen LogP contribution in [-0.2, 0) is 23.4 Å². The van der Waals surface area contributed by atoms with Gasteiger partial charge in [-0.1, -0.05) is 24.3 Å². The molecule has 6 atom stereocenters. The molecule has 0 unspecified atom stereocenters. The minimum absolute atomic E-state index is 0.0300. The van der Waals surface area contributed by atoms with E-state index in [2.05, 4.69) is 31.9 Å². The molecule has 1 saturated heterocycles. The number of aliphatic hydroxyl groups excluding tert-OH is 1. The zero-order valence-corrected chi connectivity index (χ0v) is 23.5. The van der Waals surface area contributed by atoms with Crippen molar-refractivity contribution in [3.8, 4) is 5.75 Å². The molecule has 4 rings (SSSR count). The number of benzene rings is 1. The van der Waals surface area contributed by atoms with Gasteiger partial charge < -0.3 is 30.2 Å². The number of carbonyl (C=O) groups excluding carboxylic acids is 1. The number of aliphatic hydroxyl groups is 1. The van der Waals surface area contributed by atoms with E-state index in [-0.39, 0.29) is 24.4 Å². The van der Waals surface area contributed by atoms with Gasteiger partial charge in [0.25, 0.3) is 0 Å². The molecule has 0 bridgehead atoms. The molecular weight excluding hydrogens is 541 g/mol. The number of nitrogens with zero attached hydrogens (tertiary/aromatic N) is 4.